The van der Waals surface area contributed by atoms with Crippen molar-refractivity contribution in [3.8, 4) is 17.2 Å². The summed E-state index contributed by atoms with van der Waals surface area (Å²) in [5.41, 5.74) is 7.19. The highest BCUT2D eigenvalue weighted by Gasteiger charge is 2.27. The van der Waals surface area contributed by atoms with E-state index in [1.807, 2.05) is 0 Å². The van der Waals surface area contributed by atoms with Gasteiger partial charge in [0.25, 0.3) is 0 Å². The molecule has 0 saturated heterocycles. The number of fused-ring (bicyclic) bond motifs is 1. The van der Waals surface area contributed by atoms with E-state index < -0.39 is 0 Å². The van der Waals surface area contributed by atoms with Gasteiger partial charge >= 0.3 is 0 Å². The minimum absolute atomic E-state index is 0.0605. The maximum atomic E-state index is 9.79. The second-order valence-corrected chi connectivity index (χ2v) is 3.48. The summed E-state index contributed by atoms with van der Waals surface area (Å²) in [7, 11) is 1.45. The van der Waals surface area contributed by atoms with E-state index in [0.29, 0.717) is 12.0 Å². The summed E-state index contributed by atoms with van der Waals surface area (Å²) in [4.78, 5) is 0. The molecule has 0 saturated carbocycles. The first-order chi connectivity index (χ1) is 6.65. The second kappa shape index (κ2) is 3.06. The fourth-order valence-corrected chi connectivity index (χ4v) is 1.96. The maximum Gasteiger partial charge on any atom is 0.164 e. The highest BCUT2D eigenvalue weighted by Crippen LogP contribution is 2.45. The standard InChI is InChI=1S/C10H13NO3/c1-14-8-4-7(12)5-2-3-6(11)9(5)10(8)13/h4,6,12-13H,2-3,11H2,1H3. The van der Waals surface area contributed by atoms with Crippen LogP contribution in [-0.2, 0) is 6.42 Å². The summed E-state index contributed by atoms with van der Waals surface area (Å²) >= 11 is 0. The summed E-state index contributed by atoms with van der Waals surface area (Å²) in [6.07, 6.45) is 1.46. The van der Waals surface area contributed by atoms with E-state index in [4.69, 9.17) is 10.5 Å². The first-order valence-electron chi connectivity index (χ1n) is 4.52. The molecule has 0 fully saturated rings. The molecule has 4 heteroatoms. The lowest BCUT2D eigenvalue weighted by atomic mass is 10.1. The van der Waals surface area contributed by atoms with Crippen molar-refractivity contribution in [1.29, 1.82) is 0 Å². The summed E-state index contributed by atoms with van der Waals surface area (Å²) in [5, 5.41) is 19.4. The smallest absolute Gasteiger partial charge is 0.164 e. The molecule has 76 valence electrons. The van der Waals surface area contributed by atoms with Crippen molar-refractivity contribution in [2.24, 2.45) is 5.73 Å². The Morgan fingerprint density at radius 1 is 1.50 bits per heavy atom. The quantitative estimate of drug-likeness (QED) is 0.585. The molecule has 0 heterocycles. The lowest BCUT2D eigenvalue weighted by Gasteiger charge is -2.12. The van der Waals surface area contributed by atoms with Crippen LogP contribution in [0.15, 0.2) is 6.07 Å². The molecule has 0 aliphatic heterocycles. The van der Waals surface area contributed by atoms with Crippen LogP contribution in [0.5, 0.6) is 17.2 Å². The van der Waals surface area contributed by atoms with Crippen LogP contribution in [0.25, 0.3) is 0 Å². The monoisotopic (exact) mass is 195 g/mol. The third kappa shape index (κ3) is 1.11. The average molecular weight is 195 g/mol. The molecule has 0 bridgehead atoms. The van der Waals surface area contributed by atoms with Crippen molar-refractivity contribution in [2.45, 2.75) is 18.9 Å². The van der Waals surface area contributed by atoms with Gasteiger partial charge in [0.1, 0.15) is 5.75 Å². The number of phenols is 2. The molecule has 1 aromatic rings. The van der Waals surface area contributed by atoms with Gasteiger partial charge in [-0.05, 0) is 12.8 Å². The first kappa shape index (κ1) is 9.15. The molecule has 0 radical (unpaired) electrons. The number of rotatable bonds is 1. The minimum Gasteiger partial charge on any atom is -0.508 e. The number of aromatic hydroxyl groups is 2. The van der Waals surface area contributed by atoms with Crippen molar-refractivity contribution in [3.63, 3.8) is 0 Å². The summed E-state index contributed by atoms with van der Waals surface area (Å²) in [6, 6.07) is 1.22. The van der Waals surface area contributed by atoms with Crippen LogP contribution in [0.3, 0.4) is 0 Å². The Balaban J connectivity index is 2.65. The Hall–Kier alpha value is -1.42. The zero-order valence-electron chi connectivity index (χ0n) is 7.95. The van der Waals surface area contributed by atoms with Gasteiger partial charge in [0, 0.05) is 23.2 Å². The van der Waals surface area contributed by atoms with E-state index in [-0.39, 0.29) is 23.3 Å². The van der Waals surface area contributed by atoms with Crippen molar-refractivity contribution in [1.82, 2.24) is 0 Å². The molecular weight excluding hydrogens is 182 g/mol. The highest BCUT2D eigenvalue weighted by atomic mass is 16.5. The Bertz CT molecular complexity index is 376. The molecule has 0 aromatic heterocycles. The van der Waals surface area contributed by atoms with Crippen LogP contribution >= 0.6 is 0 Å². The van der Waals surface area contributed by atoms with Crippen molar-refractivity contribution in [2.75, 3.05) is 7.11 Å². The van der Waals surface area contributed by atoms with Crippen LogP contribution in [0.4, 0.5) is 0 Å². The van der Waals surface area contributed by atoms with Crippen LogP contribution < -0.4 is 10.5 Å². The molecule has 2 rings (SSSR count). The topological polar surface area (TPSA) is 75.7 Å². The lowest BCUT2D eigenvalue weighted by molar-refractivity contribution is 0.364. The second-order valence-electron chi connectivity index (χ2n) is 3.48. The van der Waals surface area contributed by atoms with E-state index in [0.717, 1.165) is 12.0 Å². The summed E-state index contributed by atoms with van der Waals surface area (Å²) in [5.74, 6) is 0.492. The number of nitrogens with two attached hydrogens (primary N) is 1. The third-order valence-corrected chi connectivity index (χ3v) is 2.69. The Morgan fingerprint density at radius 3 is 2.86 bits per heavy atom. The molecule has 4 N–H and O–H groups in total. The predicted molar refractivity (Wildman–Crippen MR) is 51.6 cm³/mol. The molecular formula is C10H13NO3. The molecule has 4 nitrogen and oxygen atoms in total. The number of hydrogen-bond donors (Lipinski definition) is 3. The Labute approximate surface area is 81.9 Å². The van der Waals surface area contributed by atoms with Gasteiger partial charge < -0.3 is 20.7 Å². The average Bonchev–Trinajstić information content (AvgIpc) is 2.54. The van der Waals surface area contributed by atoms with Gasteiger partial charge in [-0.15, -0.1) is 0 Å². The SMILES string of the molecule is COc1cc(O)c2c(c1O)C(N)CC2. The minimum atomic E-state index is -0.203. The van der Waals surface area contributed by atoms with Crippen molar-refractivity contribution < 1.29 is 14.9 Å². The van der Waals surface area contributed by atoms with Gasteiger partial charge in [-0.25, -0.2) is 0 Å². The highest BCUT2D eigenvalue weighted by molar-refractivity contribution is 5.59. The van der Waals surface area contributed by atoms with Crippen LogP contribution in [0, 0.1) is 0 Å². The third-order valence-electron chi connectivity index (χ3n) is 2.69. The maximum absolute atomic E-state index is 9.79. The van der Waals surface area contributed by atoms with E-state index in [2.05, 4.69) is 0 Å². The Morgan fingerprint density at radius 2 is 2.21 bits per heavy atom. The number of ether oxygens (including phenoxy) is 1. The molecule has 0 spiro atoms. The van der Waals surface area contributed by atoms with Gasteiger partial charge in [0.15, 0.2) is 11.5 Å². The normalized spacial score (nSPS) is 19.4. The number of hydrogen-bond acceptors (Lipinski definition) is 4. The number of phenolic OH excluding ortho intramolecular Hbond substituents is 2. The van der Waals surface area contributed by atoms with Gasteiger partial charge in [-0.2, -0.15) is 0 Å². The van der Waals surface area contributed by atoms with E-state index in [1.165, 1.54) is 13.2 Å². The first-order valence-corrected chi connectivity index (χ1v) is 4.52. The number of methoxy groups -OCH3 is 1. The van der Waals surface area contributed by atoms with Crippen molar-refractivity contribution in [3.05, 3.63) is 17.2 Å². The van der Waals surface area contributed by atoms with Crippen LogP contribution in [-0.4, -0.2) is 17.3 Å². The van der Waals surface area contributed by atoms with Gasteiger partial charge in [-0.1, -0.05) is 0 Å². The lowest BCUT2D eigenvalue weighted by Crippen LogP contribution is -2.05. The van der Waals surface area contributed by atoms with E-state index in [1.54, 1.807) is 0 Å². The molecule has 14 heavy (non-hydrogen) atoms. The number of benzene rings is 1. The zero-order valence-corrected chi connectivity index (χ0v) is 7.95. The molecule has 0 amide bonds. The summed E-state index contributed by atoms with van der Waals surface area (Å²) < 4.78 is 4.93. The van der Waals surface area contributed by atoms with Crippen LogP contribution in [0.2, 0.25) is 0 Å². The molecule has 1 aromatic carbocycles. The van der Waals surface area contributed by atoms with Gasteiger partial charge in [0.2, 0.25) is 0 Å². The van der Waals surface area contributed by atoms with Crippen molar-refractivity contribution >= 4 is 0 Å². The van der Waals surface area contributed by atoms with Gasteiger partial charge in [0.05, 0.1) is 7.11 Å². The van der Waals surface area contributed by atoms with Crippen LogP contribution in [0.1, 0.15) is 23.6 Å². The van der Waals surface area contributed by atoms with Gasteiger partial charge in [-0.3, -0.25) is 0 Å². The summed E-state index contributed by atoms with van der Waals surface area (Å²) in [6.45, 7) is 0. The Kier molecular flexibility index (Phi) is 2.00. The molecule has 1 aliphatic carbocycles. The van der Waals surface area contributed by atoms with E-state index in [9.17, 15) is 10.2 Å². The fraction of sp³-hybridized carbons (Fsp3) is 0.400. The zero-order chi connectivity index (χ0) is 10.3. The predicted octanol–water partition coefficient (Wildman–Crippen LogP) is 1.05. The molecule has 1 unspecified atom stereocenters. The van der Waals surface area contributed by atoms with E-state index >= 15 is 0 Å². The molecule has 1 aliphatic rings. The largest absolute Gasteiger partial charge is 0.508 e. The fourth-order valence-electron chi connectivity index (χ4n) is 1.96. The molecule has 1 atom stereocenters.